The van der Waals surface area contributed by atoms with Gasteiger partial charge in [0.2, 0.25) is 0 Å². The Morgan fingerprint density at radius 1 is 1.05 bits per heavy atom. The Kier molecular flexibility index (Phi) is 3.59. The molecule has 0 spiro atoms. The van der Waals surface area contributed by atoms with Gasteiger partial charge in [0.15, 0.2) is 0 Å². The van der Waals surface area contributed by atoms with Crippen LogP contribution in [0.15, 0.2) is 54.9 Å². The van der Waals surface area contributed by atoms with Crippen molar-refractivity contribution in [3.8, 4) is 0 Å². The Morgan fingerprint density at radius 3 is 2.70 bits per heavy atom. The summed E-state index contributed by atoms with van der Waals surface area (Å²) in [5.74, 6) is 0. The van der Waals surface area contributed by atoms with Gasteiger partial charge in [-0.1, -0.05) is 18.2 Å². The molecule has 0 aliphatic carbocycles. The number of para-hydroxylation sites is 1. The molecule has 0 bridgehead atoms. The number of nitrogens with one attached hydrogen (secondary N) is 1. The van der Waals surface area contributed by atoms with E-state index in [1.54, 1.807) is 0 Å². The van der Waals surface area contributed by atoms with E-state index >= 15 is 0 Å². The Balaban J connectivity index is 1.77. The number of pyridine rings is 2. The van der Waals surface area contributed by atoms with Crippen LogP contribution in [0.25, 0.3) is 10.9 Å². The van der Waals surface area contributed by atoms with Gasteiger partial charge in [-0.15, -0.1) is 0 Å². The van der Waals surface area contributed by atoms with Crippen molar-refractivity contribution >= 4 is 16.6 Å². The van der Waals surface area contributed by atoms with Crippen LogP contribution in [0.2, 0.25) is 0 Å². The second-order valence-corrected chi connectivity index (χ2v) is 4.86. The molecule has 20 heavy (non-hydrogen) atoms. The minimum atomic E-state index is 0.900. The van der Waals surface area contributed by atoms with Crippen molar-refractivity contribution in [1.82, 2.24) is 9.97 Å². The molecule has 1 N–H and O–H groups in total. The van der Waals surface area contributed by atoms with Crippen molar-refractivity contribution in [3.05, 3.63) is 66.1 Å². The van der Waals surface area contributed by atoms with Gasteiger partial charge >= 0.3 is 0 Å². The maximum Gasteiger partial charge on any atom is 0.0725 e. The van der Waals surface area contributed by atoms with Crippen LogP contribution in [0.4, 0.5) is 5.69 Å². The van der Waals surface area contributed by atoms with Gasteiger partial charge in [0, 0.05) is 35.7 Å². The molecule has 2 aromatic heterocycles. The molecule has 0 fully saturated rings. The van der Waals surface area contributed by atoms with E-state index in [1.807, 2.05) is 31.5 Å². The zero-order valence-electron chi connectivity index (χ0n) is 11.5. The molecule has 0 unspecified atom stereocenters. The van der Waals surface area contributed by atoms with Gasteiger partial charge in [-0.25, -0.2) is 0 Å². The first kappa shape index (κ1) is 12.6. The quantitative estimate of drug-likeness (QED) is 0.781. The molecule has 2 heterocycles. The highest BCUT2D eigenvalue weighted by Gasteiger charge is 2.02. The third kappa shape index (κ3) is 2.77. The van der Waals surface area contributed by atoms with E-state index in [9.17, 15) is 0 Å². The summed E-state index contributed by atoms with van der Waals surface area (Å²) in [6, 6.07) is 14.4. The molecule has 0 saturated heterocycles. The molecule has 0 aliphatic heterocycles. The average Bonchev–Trinajstić information content (AvgIpc) is 2.48. The summed E-state index contributed by atoms with van der Waals surface area (Å²) < 4.78 is 0. The summed E-state index contributed by atoms with van der Waals surface area (Å²) in [5, 5.41) is 4.69. The van der Waals surface area contributed by atoms with Crippen LogP contribution in [0.3, 0.4) is 0 Å². The summed E-state index contributed by atoms with van der Waals surface area (Å²) in [6.45, 7) is 2.93. The molecule has 0 atom stereocenters. The number of aryl methyl sites for hydroxylation is 1. The molecule has 3 heteroatoms. The highest BCUT2D eigenvalue weighted by molar-refractivity contribution is 5.91. The van der Waals surface area contributed by atoms with Gasteiger partial charge in [0.1, 0.15) is 0 Å². The Labute approximate surface area is 118 Å². The van der Waals surface area contributed by atoms with Gasteiger partial charge in [-0.2, -0.15) is 0 Å². The second kappa shape index (κ2) is 5.70. The van der Waals surface area contributed by atoms with E-state index in [1.165, 1.54) is 10.9 Å². The lowest BCUT2D eigenvalue weighted by molar-refractivity contribution is 1.01. The first-order valence-electron chi connectivity index (χ1n) is 6.82. The van der Waals surface area contributed by atoms with Crippen molar-refractivity contribution in [2.75, 3.05) is 11.9 Å². The van der Waals surface area contributed by atoms with Crippen molar-refractivity contribution in [2.24, 2.45) is 0 Å². The summed E-state index contributed by atoms with van der Waals surface area (Å²) in [5.41, 5.74) is 4.53. The molecular formula is C17H17N3. The number of hydrogen-bond donors (Lipinski definition) is 1. The summed E-state index contributed by atoms with van der Waals surface area (Å²) in [6.07, 6.45) is 4.65. The number of aromatic nitrogens is 2. The third-order valence-corrected chi connectivity index (χ3v) is 3.32. The smallest absolute Gasteiger partial charge is 0.0725 e. The number of rotatable bonds is 4. The van der Waals surface area contributed by atoms with Gasteiger partial charge in [0.25, 0.3) is 0 Å². The van der Waals surface area contributed by atoms with Crippen molar-refractivity contribution < 1.29 is 0 Å². The molecule has 0 aliphatic rings. The summed E-state index contributed by atoms with van der Waals surface area (Å²) in [4.78, 5) is 8.59. The minimum absolute atomic E-state index is 0.900. The van der Waals surface area contributed by atoms with Crippen LogP contribution in [-0.2, 0) is 6.42 Å². The van der Waals surface area contributed by atoms with E-state index < -0.39 is 0 Å². The maximum atomic E-state index is 4.55. The topological polar surface area (TPSA) is 37.8 Å². The van der Waals surface area contributed by atoms with Crippen LogP contribution in [0, 0.1) is 6.92 Å². The first-order chi connectivity index (χ1) is 9.83. The largest absolute Gasteiger partial charge is 0.384 e. The van der Waals surface area contributed by atoms with Crippen LogP contribution in [0.5, 0.6) is 0 Å². The van der Waals surface area contributed by atoms with Gasteiger partial charge in [-0.3, -0.25) is 9.97 Å². The molecule has 1 aromatic carbocycles. The van der Waals surface area contributed by atoms with E-state index in [0.717, 1.165) is 29.9 Å². The Hall–Kier alpha value is -2.42. The number of nitrogens with zero attached hydrogens (tertiary/aromatic N) is 2. The number of hydrogen-bond acceptors (Lipinski definition) is 3. The van der Waals surface area contributed by atoms with Gasteiger partial charge in [-0.05, 0) is 43.2 Å². The molecule has 100 valence electrons. The van der Waals surface area contributed by atoms with Crippen LogP contribution in [-0.4, -0.2) is 16.5 Å². The number of fused-ring (bicyclic) bond motifs is 1. The standard InChI is InChI=1S/C17H17N3/c1-13-12-17(15-4-2-3-5-16(15)20-13)19-11-8-14-6-9-18-10-7-14/h2-7,9-10,12H,8,11H2,1H3,(H,19,20). The Bertz CT molecular complexity index is 708. The van der Waals surface area contributed by atoms with E-state index in [2.05, 4.69) is 45.6 Å². The zero-order valence-corrected chi connectivity index (χ0v) is 11.5. The van der Waals surface area contributed by atoms with E-state index in [4.69, 9.17) is 0 Å². The average molecular weight is 263 g/mol. The monoisotopic (exact) mass is 263 g/mol. The molecule has 3 rings (SSSR count). The zero-order chi connectivity index (χ0) is 13.8. The minimum Gasteiger partial charge on any atom is -0.384 e. The molecule has 0 saturated carbocycles. The summed E-state index contributed by atoms with van der Waals surface area (Å²) >= 11 is 0. The van der Waals surface area contributed by atoms with E-state index in [-0.39, 0.29) is 0 Å². The summed E-state index contributed by atoms with van der Waals surface area (Å²) in [7, 11) is 0. The van der Waals surface area contributed by atoms with Crippen molar-refractivity contribution in [1.29, 1.82) is 0 Å². The lowest BCUT2D eigenvalue weighted by Crippen LogP contribution is -2.06. The van der Waals surface area contributed by atoms with Gasteiger partial charge in [0.05, 0.1) is 5.52 Å². The number of benzene rings is 1. The first-order valence-corrected chi connectivity index (χ1v) is 6.82. The molecular weight excluding hydrogens is 246 g/mol. The highest BCUT2D eigenvalue weighted by atomic mass is 14.9. The number of anilines is 1. The van der Waals surface area contributed by atoms with E-state index in [0.29, 0.717) is 0 Å². The van der Waals surface area contributed by atoms with Crippen molar-refractivity contribution in [3.63, 3.8) is 0 Å². The molecule has 0 radical (unpaired) electrons. The second-order valence-electron chi connectivity index (χ2n) is 4.86. The maximum absolute atomic E-state index is 4.55. The van der Waals surface area contributed by atoms with Gasteiger partial charge < -0.3 is 5.32 Å². The molecule has 0 amide bonds. The fraction of sp³-hybridized carbons (Fsp3) is 0.176. The lowest BCUT2D eigenvalue weighted by atomic mass is 10.1. The van der Waals surface area contributed by atoms with Crippen LogP contribution < -0.4 is 5.32 Å². The fourth-order valence-corrected chi connectivity index (χ4v) is 2.35. The fourth-order valence-electron chi connectivity index (χ4n) is 2.35. The Morgan fingerprint density at radius 2 is 1.85 bits per heavy atom. The van der Waals surface area contributed by atoms with Crippen LogP contribution >= 0.6 is 0 Å². The van der Waals surface area contributed by atoms with Crippen LogP contribution in [0.1, 0.15) is 11.3 Å². The normalized spacial score (nSPS) is 10.7. The molecule has 3 aromatic rings. The van der Waals surface area contributed by atoms with Crippen molar-refractivity contribution in [2.45, 2.75) is 13.3 Å². The molecule has 3 nitrogen and oxygen atoms in total. The predicted octanol–water partition coefficient (Wildman–Crippen LogP) is 3.59. The lowest BCUT2D eigenvalue weighted by Gasteiger charge is -2.10. The highest BCUT2D eigenvalue weighted by Crippen LogP contribution is 2.22. The third-order valence-electron chi connectivity index (χ3n) is 3.32. The SMILES string of the molecule is Cc1cc(NCCc2ccncc2)c2ccccc2n1. The predicted molar refractivity (Wildman–Crippen MR) is 82.9 cm³/mol.